The van der Waals surface area contributed by atoms with Crippen LogP contribution in [-0.4, -0.2) is 30.7 Å². The van der Waals surface area contributed by atoms with E-state index in [0.29, 0.717) is 14.8 Å². The molecule has 1 aromatic heterocycles. The molecule has 162 valence electrons. The van der Waals surface area contributed by atoms with Crippen LogP contribution in [0, 0.1) is 0 Å². The number of hydrogen-bond acceptors (Lipinski definition) is 7. The van der Waals surface area contributed by atoms with Crippen LogP contribution >= 0.6 is 11.3 Å². The smallest absolute Gasteiger partial charge is 0.342 e. The van der Waals surface area contributed by atoms with Gasteiger partial charge >= 0.3 is 11.9 Å². The Balaban J connectivity index is 2.14. The minimum absolute atomic E-state index is 0.0118. The minimum atomic E-state index is -0.853. The van der Waals surface area contributed by atoms with Crippen molar-refractivity contribution < 1.29 is 19.1 Å². The van der Waals surface area contributed by atoms with E-state index in [1.165, 1.54) is 18.8 Å². The molecule has 0 amide bonds. The zero-order valence-electron chi connectivity index (χ0n) is 17.4. The number of nitrogens with two attached hydrogens (primary N) is 1. The molecule has 7 nitrogen and oxygen atoms in total. The van der Waals surface area contributed by atoms with Gasteiger partial charge in [-0.1, -0.05) is 60.7 Å². The minimum Gasteiger partial charge on any atom is -0.466 e. The van der Waals surface area contributed by atoms with Gasteiger partial charge in [0.25, 0.3) is 5.56 Å². The van der Waals surface area contributed by atoms with Crippen molar-refractivity contribution >= 4 is 34.9 Å². The Bertz CT molecular complexity index is 1400. The molecule has 1 aliphatic rings. The van der Waals surface area contributed by atoms with Crippen molar-refractivity contribution in [3.05, 3.63) is 103 Å². The first-order chi connectivity index (χ1) is 15.5. The molecule has 0 saturated carbocycles. The lowest BCUT2D eigenvalue weighted by molar-refractivity contribution is -0.136. The molecule has 0 bridgehead atoms. The molecule has 2 aromatic carbocycles. The summed E-state index contributed by atoms with van der Waals surface area (Å²) in [5.41, 5.74) is 7.41. The molecule has 1 atom stereocenters. The largest absolute Gasteiger partial charge is 0.466 e. The summed E-state index contributed by atoms with van der Waals surface area (Å²) in [5, 5.41) is 0. The first-order valence-electron chi connectivity index (χ1n) is 9.72. The van der Waals surface area contributed by atoms with Crippen molar-refractivity contribution in [1.29, 1.82) is 0 Å². The Morgan fingerprint density at radius 2 is 1.56 bits per heavy atom. The zero-order valence-corrected chi connectivity index (χ0v) is 18.2. The van der Waals surface area contributed by atoms with E-state index in [0.717, 1.165) is 16.9 Å². The summed E-state index contributed by atoms with van der Waals surface area (Å²) in [6.45, 7) is 0. The third-order valence-electron chi connectivity index (χ3n) is 5.17. The van der Waals surface area contributed by atoms with Crippen LogP contribution in [0.5, 0.6) is 0 Å². The Kier molecular flexibility index (Phi) is 5.79. The summed E-state index contributed by atoms with van der Waals surface area (Å²) in [5.74, 6) is -1.47. The van der Waals surface area contributed by atoms with Crippen LogP contribution in [0.25, 0.3) is 11.6 Å². The van der Waals surface area contributed by atoms with Gasteiger partial charge in [0.1, 0.15) is 10.2 Å². The fourth-order valence-corrected chi connectivity index (χ4v) is 4.88. The number of ether oxygens (including phenoxy) is 2. The second kappa shape index (κ2) is 8.68. The van der Waals surface area contributed by atoms with Crippen molar-refractivity contribution in [2.45, 2.75) is 6.04 Å². The van der Waals surface area contributed by atoms with Crippen LogP contribution in [-0.2, 0) is 19.1 Å². The maximum atomic E-state index is 13.6. The van der Waals surface area contributed by atoms with E-state index in [-0.39, 0.29) is 22.4 Å². The van der Waals surface area contributed by atoms with Gasteiger partial charge in [0.05, 0.1) is 36.1 Å². The SMILES string of the molecule is COC(=O)C1=C(N)C(C(=O)OC)=c2s/c(=C/c3ccccc3)c(=O)n2[C@H]1c1ccccc1. The van der Waals surface area contributed by atoms with E-state index in [2.05, 4.69) is 0 Å². The predicted molar refractivity (Wildman–Crippen MR) is 121 cm³/mol. The van der Waals surface area contributed by atoms with E-state index in [4.69, 9.17) is 15.2 Å². The molecular formula is C24H20N2O5S. The van der Waals surface area contributed by atoms with E-state index >= 15 is 0 Å². The number of carbonyl (C=O) groups excluding carboxylic acids is 2. The number of esters is 2. The summed E-state index contributed by atoms with van der Waals surface area (Å²) >= 11 is 1.12. The number of thiazole rings is 1. The number of carbonyl (C=O) groups is 2. The highest BCUT2D eigenvalue weighted by molar-refractivity contribution is 7.07. The highest BCUT2D eigenvalue weighted by Crippen LogP contribution is 2.32. The van der Waals surface area contributed by atoms with Crippen LogP contribution in [0.3, 0.4) is 0 Å². The Hall–Kier alpha value is -3.91. The third-order valence-corrected chi connectivity index (χ3v) is 6.27. The van der Waals surface area contributed by atoms with Gasteiger partial charge in [0.15, 0.2) is 0 Å². The average molecular weight is 449 g/mol. The van der Waals surface area contributed by atoms with Crippen LogP contribution in [0.1, 0.15) is 17.2 Å². The lowest BCUT2D eigenvalue weighted by Crippen LogP contribution is -2.43. The number of aromatic nitrogens is 1. The Labute approximate surface area is 187 Å². The number of methoxy groups -OCH3 is 2. The molecule has 0 unspecified atom stereocenters. The number of rotatable bonds is 4. The maximum Gasteiger partial charge on any atom is 0.342 e. The second-order valence-corrected chi connectivity index (χ2v) is 8.03. The highest BCUT2D eigenvalue weighted by atomic mass is 32.1. The third kappa shape index (κ3) is 3.54. The van der Waals surface area contributed by atoms with E-state index in [9.17, 15) is 14.4 Å². The summed E-state index contributed by atoms with van der Waals surface area (Å²) in [4.78, 5) is 39.0. The van der Waals surface area contributed by atoms with Crippen molar-refractivity contribution in [2.24, 2.45) is 5.73 Å². The zero-order chi connectivity index (χ0) is 22.8. The number of hydrogen-bond donors (Lipinski definition) is 1. The molecule has 0 spiro atoms. The quantitative estimate of drug-likeness (QED) is 0.599. The maximum absolute atomic E-state index is 13.6. The molecule has 2 N–H and O–H groups in total. The van der Waals surface area contributed by atoms with E-state index in [1.54, 1.807) is 30.3 Å². The lowest BCUT2D eigenvalue weighted by Gasteiger charge is -2.26. The molecule has 1 aliphatic heterocycles. The second-order valence-electron chi connectivity index (χ2n) is 7.00. The van der Waals surface area contributed by atoms with Crippen LogP contribution < -0.4 is 20.5 Å². The number of benzene rings is 2. The topological polar surface area (TPSA) is 101 Å². The molecule has 32 heavy (non-hydrogen) atoms. The molecule has 0 radical (unpaired) electrons. The molecule has 8 heteroatoms. The number of fused-ring (bicyclic) bond motifs is 1. The molecular weight excluding hydrogens is 428 g/mol. The van der Waals surface area contributed by atoms with Gasteiger partial charge in [-0.15, -0.1) is 11.3 Å². The molecule has 3 aromatic rings. The molecule has 4 rings (SSSR count). The van der Waals surface area contributed by atoms with Crippen LogP contribution in [0.4, 0.5) is 0 Å². The molecule has 0 fully saturated rings. The normalized spacial score (nSPS) is 16.0. The van der Waals surface area contributed by atoms with Crippen molar-refractivity contribution in [3.63, 3.8) is 0 Å². The van der Waals surface area contributed by atoms with Crippen LogP contribution in [0.15, 0.2) is 76.7 Å². The standard InChI is InChI=1S/C24H20N2O5S/c1-30-23(28)17-19(25)18(24(29)31-2)22-26(20(17)15-11-7-4-8-12-15)21(27)16(32-22)13-14-9-5-3-6-10-14/h3-13,20H,25H2,1-2H3/b16-13+/t20-/m0/s1. The fourth-order valence-electron chi connectivity index (χ4n) is 3.71. The van der Waals surface area contributed by atoms with Crippen molar-refractivity contribution in [1.82, 2.24) is 4.57 Å². The molecule has 2 heterocycles. The lowest BCUT2D eigenvalue weighted by atomic mass is 9.92. The highest BCUT2D eigenvalue weighted by Gasteiger charge is 2.37. The Morgan fingerprint density at radius 1 is 0.969 bits per heavy atom. The van der Waals surface area contributed by atoms with Gasteiger partial charge in [-0.25, -0.2) is 9.59 Å². The van der Waals surface area contributed by atoms with Gasteiger partial charge in [-0.05, 0) is 17.2 Å². The van der Waals surface area contributed by atoms with Gasteiger partial charge in [0, 0.05) is 0 Å². The van der Waals surface area contributed by atoms with Gasteiger partial charge in [-0.3, -0.25) is 9.36 Å². The van der Waals surface area contributed by atoms with Crippen molar-refractivity contribution in [3.8, 4) is 0 Å². The van der Waals surface area contributed by atoms with Gasteiger partial charge in [-0.2, -0.15) is 0 Å². The summed E-state index contributed by atoms with van der Waals surface area (Å²) in [7, 11) is 2.44. The van der Waals surface area contributed by atoms with E-state index in [1.807, 2.05) is 36.4 Å². The molecule has 0 saturated heterocycles. The van der Waals surface area contributed by atoms with Crippen LogP contribution in [0.2, 0.25) is 0 Å². The Morgan fingerprint density at radius 3 is 2.16 bits per heavy atom. The first kappa shape index (κ1) is 21.3. The fraction of sp³-hybridized carbons (Fsp3) is 0.125. The van der Waals surface area contributed by atoms with E-state index < -0.39 is 18.0 Å². The summed E-state index contributed by atoms with van der Waals surface area (Å²) in [6.07, 6.45) is 1.74. The first-order valence-corrected chi connectivity index (χ1v) is 10.5. The summed E-state index contributed by atoms with van der Waals surface area (Å²) in [6, 6.07) is 17.5. The van der Waals surface area contributed by atoms with Crippen molar-refractivity contribution in [2.75, 3.05) is 14.2 Å². The molecule has 0 aliphatic carbocycles. The van der Waals surface area contributed by atoms with Gasteiger partial charge < -0.3 is 15.2 Å². The summed E-state index contributed by atoms with van der Waals surface area (Å²) < 4.78 is 12.0. The monoisotopic (exact) mass is 448 g/mol. The average Bonchev–Trinajstić information content (AvgIpc) is 3.13. The number of nitrogens with zero attached hydrogens (tertiary/aromatic N) is 1. The van der Waals surface area contributed by atoms with Gasteiger partial charge in [0.2, 0.25) is 0 Å². The predicted octanol–water partition coefficient (Wildman–Crippen LogP) is 1.05.